The van der Waals surface area contributed by atoms with Crippen molar-refractivity contribution in [3.05, 3.63) is 71.6 Å². The van der Waals surface area contributed by atoms with Crippen molar-refractivity contribution < 1.29 is 37.4 Å². The SMILES string of the molecule is [CH2-]COc1cc(C2C(Cl)CCC2c2ccc(CCCCCC)cc2)ccc1C.[Y]. The van der Waals surface area contributed by atoms with Crippen LogP contribution >= 0.6 is 11.6 Å². The molecule has 0 heterocycles. The first-order chi connectivity index (χ1) is 13.6. The second kappa shape index (κ2) is 12.5. The summed E-state index contributed by atoms with van der Waals surface area (Å²) in [6.45, 7) is 8.61. The van der Waals surface area contributed by atoms with Gasteiger partial charge < -0.3 is 11.7 Å². The van der Waals surface area contributed by atoms with E-state index in [1.165, 1.54) is 48.8 Å². The van der Waals surface area contributed by atoms with Crippen LogP contribution in [0.15, 0.2) is 42.5 Å². The fraction of sp³-hybridized carbons (Fsp3) is 0.500. The molecule has 0 amide bonds. The Labute approximate surface area is 207 Å². The van der Waals surface area contributed by atoms with E-state index in [0.717, 1.165) is 24.2 Å². The maximum atomic E-state index is 6.80. The molecule has 2 aromatic carbocycles. The number of benzene rings is 2. The fourth-order valence-corrected chi connectivity index (χ4v) is 4.99. The van der Waals surface area contributed by atoms with E-state index in [1.54, 1.807) is 0 Å². The number of unbranched alkanes of at least 4 members (excludes halogenated alkanes) is 3. The number of aryl methyl sites for hydroxylation is 2. The first-order valence-corrected chi connectivity index (χ1v) is 11.3. The Morgan fingerprint density at radius 3 is 2.41 bits per heavy atom. The molecule has 1 saturated carbocycles. The van der Waals surface area contributed by atoms with Gasteiger partial charge in [-0.2, -0.15) is 0 Å². The topological polar surface area (TPSA) is 9.23 Å². The molecule has 1 nitrogen and oxygen atoms in total. The van der Waals surface area contributed by atoms with Crippen molar-refractivity contribution >= 4 is 11.6 Å². The van der Waals surface area contributed by atoms with Gasteiger partial charge in [-0.15, -0.1) is 11.6 Å². The van der Waals surface area contributed by atoms with E-state index >= 15 is 0 Å². The number of hydrogen-bond donors (Lipinski definition) is 0. The van der Waals surface area contributed by atoms with Crippen molar-refractivity contribution in [3.63, 3.8) is 0 Å². The van der Waals surface area contributed by atoms with Gasteiger partial charge in [0.1, 0.15) is 5.75 Å². The van der Waals surface area contributed by atoms with E-state index in [-0.39, 0.29) is 38.1 Å². The Balaban J connectivity index is 0.00000300. The third-order valence-electron chi connectivity index (χ3n) is 6.16. The van der Waals surface area contributed by atoms with Crippen LogP contribution in [0, 0.1) is 13.8 Å². The molecule has 1 aliphatic rings. The molecule has 0 N–H and O–H groups in total. The number of alkyl halides is 1. The van der Waals surface area contributed by atoms with Crippen LogP contribution in [0.1, 0.15) is 79.5 Å². The van der Waals surface area contributed by atoms with Crippen molar-refractivity contribution in [1.82, 2.24) is 0 Å². The molecule has 29 heavy (non-hydrogen) atoms. The summed E-state index contributed by atoms with van der Waals surface area (Å²) in [6.07, 6.45) is 8.67. The molecule has 155 valence electrons. The minimum absolute atomic E-state index is 0. The Morgan fingerprint density at radius 2 is 1.72 bits per heavy atom. The van der Waals surface area contributed by atoms with E-state index in [1.807, 2.05) is 0 Å². The second-order valence-corrected chi connectivity index (χ2v) is 8.71. The number of ether oxygens (including phenoxy) is 1. The molecule has 0 aliphatic heterocycles. The Morgan fingerprint density at radius 1 is 1.00 bits per heavy atom. The van der Waals surface area contributed by atoms with Gasteiger partial charge in [-0.25, -0.2) is 0 Å². The van der Waals surface area contributed by atoms with Gasteiger partial charge in [0, 0.05) is 44.0 Å². The van der Waals surface area contributed by atoms with Gasteiger partial charge in [-0.1, -0.05) is 62.6 Å². The average molecular weight is 487 g/mol. The quantitative estimate of drug-likeness (QED) is 0.201. The summed E-state index contributed by atoms with van der Waals surface area (Å²) in [5.74, 6) is 1.75. The molecule has 3 rings (SSSR count). The molecule has 1 fully saturated rings. The molecule has 1 radical (unpaired) electrons. The minimum Gasteiger partial charge on any atom is -0.525 e. The van der Waals surface area contributed by atoms with Crippen LogP contribution < -0.4 is 4.74 Å². The summed E-state index contributed by atoms with van der Waals surface area (Å²) in [5.41, 5.74) is 5.32. The van der Waals surface area contributed by atoms with E-state index in [4.69, 9.17) is 16.3 Å². The van der Waals surface area contributed by atoms with Gasteiger partial charge in [-0.05, 0) is 73.5 Å². The maximum absolute atomic E-state index is 6.80. The van der Waals surface area contributed by atoms with Crippen molar-refractivity contribution in [3.8, 4) is 5.75 Å². The molecule has 0 aromatic heterocycles. The molecule has 2 aromatic rings. The molecule has 3 atom stereocenters. The predicted molar refractivity (Wildman–Crippen MR) is 121 cm³/mol. The predicted octanol–water partition coefficient (Wildman–Crippen LogP) is 7.60. The monoisotopic (exact) mass is 486 g/mol. The van der Waals surface area contributed by atoms with Gasteiger partial charge in [0.05, 0.1) is 0 Å². The number of rotatable bonds is 9. The standard InChI is InChI=1S/C26H34ClO.Y/c1-4-6-7-8-9-20-11-14-21(15-12-20)23-16-17-24(27)26(23)22-13-10-19(3)25(18-22)28-5-2;/h10-15,18,23-24,26H,2,4-9,16-17H2,1,3H3;/q-1;. The fourth-order valence-electron chi connectivity index (χ4n) is 4.54. The van der Waals surface area contributed by atoms with Crippen LogP contribution in [-0.2, 0) is 39.1 Å². The average Bonchev–Trinajstić information content (AvgIpc) is 3.09. The van der Waals surface area contributed by atoms with Crippen LogP contribution in [0.5, 0.6) is 5.75 Å². The zero-order valence-corrected chi connectivity index (χ0v) is 21.6. The molecule has 0 saturated heterocycles. The zero-order valence-electron chi connectivity index (χ0n) is 18.0. The first kappa shape index (κ1) is 24.9. The molecule has 1 aliphatic carbocycles. The third-order valence-corrected chi connectivity index (χ3v) is 6.65. The summed E-state index contributed by atoms with van der Waals surface area (Å²) in [5, 5.41) is 0.175. The number of hydrogen-bond acceptors (Lipinski definition) is 1. The Bertz CT molecular complexity index is 743. The van der Waals surface area contributed by atoms with Crippen LogP contribution in [0.3, 0.4) is 0 Å². The zero-order chi connectivity index (χ0) is 19.9. The van der Waals surface area contributed by atoms with Crippen LogP contribution in [0.4, 0.5) is 0 Å². The minimum atomic E-state index is 0. The third kappa shape index (κ3) is 6.55. The van der Waals surface area contributed by atoms with Crippen molar-refractivity contribution in [1.29, 1.82) is 0 Å². The summed E-state index contributed by atoms with van der Waals surface area (Å²) in [6, 6.07) is 15.9. The summed E-state index contributed by atoms with van der Waals surface area (Å²) in [4.78, 5) is 0. The van der Waals surface area contributed by atoms with Gasteiger partial charge in [-0.3, -0.25) is 0 Å². The summed E-state index contributed by atoms with van der Waals surface area (Å²) in [7, 11) is 0. The molecular weight excluding hydrogens is 453 g/mol. The van der Waals surface area contributed by atoms with E-state index < -0.39 is 0 Å². The van der Waals surface area contributed by atoms with Crippen LogP contribution in [0.25, 0.3) is 0 Å². The van der Waals surface area contributed by atoms with Gasteiger partial charge in [0.25, 0.3) is 0 Å². The Kier molecular flexibility index (Phi) is 10.7. The summed E-state index contributed by atoms with van der Waals surface area (Å²) < 4.78 is 5.73. The van der Waals surface area contributed by atoms with Crippen LogP contribution in [0.2, 0.25) is 0 Å². The van der Waals surface area contributed by atoms with Gasteiger partial charge in [0.15, 0.2) is 0 Å². The molecule has 0 spiro atoms. The van der Waals surface area contributed by atoms with E-state index in [0.29, 0.717) is 18.4 Å². The normalized spacial score (nSPS) is 21.0. The van der Waals surface area contributed by atoms with E-state index in [9.17, 15) is 0 Å². The smallest absolute Gasteiger partial charge is 0.118 e. The van der Waals surface area contributed by atoms with Gasteiger partial charge in [0.2, 0.25) is 0 Å². The van der Waals surface area contributed by atoms with Crippen molar-refractivity contribution in [2.75, 3.05) is 6.61 Å². The number of halogens is 1. The summed E-state index contributed by atoms with van der Waals surface area (Å²) >= 11 is 6.80. The van der Waals surface area contributed by atoms with Crippen molar-refractivity contribution in [2.24, 2.45) is 0 Å². The molecule has 3 unspecified atom stereocenters. The first-order valence-electron chi connectivity index (χ1n) is 10.9. The second-order valence-electron chi connectivity index (χ2n) is 8.15. The maximum Gasteiger partial charge on any atom is 0.118 e. The molecular formula is C26H34ClOY-. The van der Waals surface area contributed by atoms with Gasteiger partial charge >= 0.3 is 0 Å². The molecule has 0 bridgehead atoms. The largest absolute Gasteiger partial charge is 0.525 e. The van der Waals surface area contributed by atoms with E-state index in [2.05, 4.69) is 63.2 Å². The van der Waals surface area contributed by atoms with Crippen molar-refractivity contribution in [2.45, 2.75) is 76.0 Å². The molecule has 3 heteroatoms. The Hall–Kier alpha value is -0.366. The van der Waals surface area contributed by atoms with Crippen LogP contribution in [-0.4, -0.2) is 12.0 Å².